The van der Waals surface area contributed by atoms with Crippen LogP contribution in [0.1, 0.15) is 5.56 Å². The molecule has 0 aromatic heterocycles. The van der Waals surface area contributed by atoms with Crippen LogP contribution < -0.4 is 5.32 Å². The van der Waals surface area contributed by atoms with Crippen LogP contribution in [-0.2, 0) is 0 Å². The molecule has 0 unspecified atom stereocenters. The van der Waals surface area contributed by atoms with E-state index in [4.69, 9.17) is 23.2 Å². The van der Waals surface area contributed by atoms with Gasteiger partial charge in [0, 0.05) is 11.4 Å². The average Bonchev–Trinajstić information content (AvgIpc) is 2.39. The Kier molecular flexibility index (Phi) is 2.80. The van der Waals surface area contributed by atoms with Gasteiger partial charge in [-0.05, 0) is 17.7 Å². The van der Waals surface area contributed by atoms with E-state index in [1.807, 2.05) is 42.5 Å². The highest BCUT2D eigenvalue weighted by Gasteiger charge is 2.10. The maximum absolute atomic E-state index is 5.80. The highest BCUT2D eigenvalue weighted by Crippen LogP contribution is 2.25. The number of nitrogens with one attached hydrogen (secondary N) is 1. The molecule has 1 aromatic carbocycles. The number of benzene rings is 1. The molecule has 14 heavy (non-hydrogen) atoms. The van der Waals surface area contributed by atoms with Gasteiger partial charge in [0.2, 0.25) is 0 Å². The third kappa shape index (κ3) is 1.94. The van der Waals surface area contributed by atoms with Crippen molar-refractivity contribution in [2.24, 2.45) is 0 Å². The molecule has 0 amide bonds. The predicted molar refractivity (Wildman–Crippen MR) is 62.7 cm³/mol. The van der Waals surface area contributed by atoms with E-state index in [0.29, 0.717) is 0 Å². The van der Waals surface area contributed by atoms with Gasteiger partial charge in [0.05, 0.1) is 0 Å². The van der Waals surface area contributed by atoms with Crippen LogP contribution in [-0.4, -0.2) is 4.84 Å². The molecule has 3 heteroatoms. The van der Waals surface area contributed by atoms with Crippen molar-refractivity contribution in [2.75, 3.05) is 5.32 Å². The third-order valence-electron chi connectivity index (χ3n) is 2.03. The molecule has 1 N–H and O–H groups in total. The molecule has 1 nitrogen and oxygen atoms in total. The van der Waals surface area contributed by atoms with Crippen LogP contribution in [0.3, 0.4) is 0 Å². The second-order valence-electron chi connectivity index (χ2n) is 2.99. The van der Waals surface area contributed by atoms with E-state index in [1.54, 1.807) is 0 Å². The van der Waals surface area contributed by atoms with Crippen molar-refractivity contribution in [3.8, 4) is 0 Å². The van der Waals surface area contributed by atoms with Crippen molar-refractivity contribution in [2.45, 2.75) is 4.84 Å². The molecular formula is C11H9Cl2N. The molecule has 72 valence electrons. The molecule has 1 aliphatic rings. The first-order valence-electron chi connectivity index (χ1n) is 4.30. The maximum atomic E-state index is 5.80. The van der Waals surface area contributed by atoms with Gasteiger partial charge in [-0.2, -0.15) is 0 Å². The first-order chi connectivity index (χ1) is 6.77. The number of fused-ring (bicyclic) bond motifs is 1. The average molecular weight is 226 g/mol. The number of rotatable bonds is 1. The van der Waals surface area contributed by atoms with Crippen LogP contribution in [0.2, 0.25) is 0 Å². The van der Waals surface area contributed by atoms with Gasteiger partial charge in [-0.3, -0.25) is 0 Å². The van der Waals surface area contributed by atoms with E-state index in [9.17, 15) is 0 Å². The number of halogens is 2. The fourth-order valence-electron chi connectivity index (χ4n) is 1.34. The second-order valence-corrected chi connectivity index (χ2v) is 4.09. The Morgan fingerprint density at radius 2 is 1.93 bits per heavy atom. The smallest absolute Gasteiger partial charge is 0.147 e. The van der Waals surface area contributed by atoms with Gasteiger partial charge >= 0.3 is 0 Å². The molecule has 1 aromatic rings. The lowest BCUT2D eigenvalue weighted by atomic mass is 10.2. The highest BCUT2D eigenvalue weighted by atomic mass is 35.5. The van der Waals surface area contributed by atoms with E-state index in [0.717, 1.165) is 16.9 Å². The summed E-state index contributed by atoms with van der Waals surface area (Å²) < 4.78 is 0. The van der Waals surface area contributed by atoms with Gasteiger partial charge in [-0.1, -0.05) is 53.6 Å². The van der Waals surface area contributed by atoms with Gasteiger partial charge in [-0.15, -0.1) is 0 Å². The standard InChI is InChI=1S/C11H9Cl2N/c12-11(13)10-7-3-5-8-4-1-2-6-9(8)14-10/h1-7,11,14H. The van der Waals surface area contributed by atoms with Crippen molar-refractivity contribution in [1.82, 2.24) is 0 Å². The van der Waals surface area contributed by atoms with Crippen molar-refractivity contribution in [3.05, 3.63) is 47.7 Å². The Bertz CT molecular complexity index is 394. The van der Waals surface area contributed by atoms with E-state index in [2.05, 4.69) is 5.32 Å². The molecule has 0 atom stereocenters. The van der Waals surface area contributed by atoms with Crippen molar-refractivity contribution < 1.29 is 0 Å². The Morgan fingerprint density at radius 3 is 2.71 bits per heavy atom. The first kappa shape index (κ1) is 9.63. The molecule has 0 aliphatic carbocycles. The van der Waals surface area contributed by atoms with Crippen LogP contribution in [0.25, 0.3) is 6.08 Å². The van der Waals surface area contributed by atoms with E-state index in [1.165, 1.54) is 0 Å². The topological polar surface area (TPSA) is 12.0 Å². The molecule has 1 heterocycles. The predicted octanol–water partition coefficient (Wildman–Crippen LogP) is 3.81. The van der Waals surface area contributed by atoms with Crippen molar-refractivity contribution in [3.63, 3.8) is 0 Å². The fraction of sp³-hybridized carbons (Fsp3) is 0.0909. The molecule has 1 aliphatic heterocycles. The molecule has 2 rings (SSSR count). The summed E-state index contributed by atoms with van der Waals surface area (Å²) in [5, 5.41) is 3.19. The summed E-state index contributed by atoms with van der Waals surface area (Å²) in [6.45, 7) is 0. The second kappa shape index (κ2) is 4.07. The number of anilines is 1. The van der Waals surface area contributed by atoms with Crippen LogP contribution in [0.15, 0.2) is 42.1 Å². The number of hydrogen-bond acceptors (Lipinski definition) is 1. The highest BCUT2D eigenvalue weighted by molar-refractivity contribution is 6.46. The summed E-state index contributed by atoms with van der Waals surface area (Å²) in [5.41, 5.74) is 2.96. The Balaban J connectivity index is 2.38. The molecule has 0 spiro atoms. The SMILES string of the molecule is ClC(Cl)C1=CC=Cc2ccccc2N1. The minimum absolute atomic E-state index is 0.522. The van der Waals surface area contributed by atoms with Crippen molar-refractivity contribution >= 4 is 35.0 Å². The quantitative estimate of drug-likeness (QED) is 0.718. The zero-order chi connectivity index (χ0) is 9.97. The minimum atomic E-state index is -0.522. The summed E-state index contributed by atoms with van der Waals surface area (Å²) in [6.07, 6.45) is 5.84. The van der Waals surface area contributed by atoms with Crippen LogP contribution in [0.4, 0.5) is 5.69 Å². The van der Waals surface area contributed by atoms with E-state index < -0.39 is 4.84 Å². The Hall–Kier alpha value is -0.920. The zero-order valence-corrected chi connectivity index (χ0v) is 8.89. The van der Waals surface area contributed by atoms with Gasteiger partial charge in [0.15, 0.2) is 0 Å². The van der Waals surface area contributed by atoms with Crippen LogP contribution >= 0.6 is 23.2 Å². The normalized spacial score (nSPS) is 14.4. The molecular weight excluding hydrogens is 217 g/mol. The number of para-hydroxylation sites is 1. The first-order valence-corrected chi connectivity index (χ1v) is 5.17. The van der Waals surface area contributed by atoms with E-state index in [-0.39, 0.29) is 0 Å². The number of hydrogen-bond donors (Lipinski definition) is 1. The van der Waals surface area contributed by atoms with Crippen molar-refractivity contribution in [1.29, 1.82) is 0 Å². The summed E-state index contributed by atoms with van der Waals surface area (Å²) in [5.74, 6) is 0. The monoisotopic (exact) mass is 225 g/mol. The lowest BCUT2D eigenvalue weighted by Gasteiger charge is -2.11. The van der Waals surface area contributed by atoms with Gasteiger partial charge in [-0.25, -0.2) is 0 Å². The lowest BCUT2D eigenvalue weighted by Crippen LogP contribution is -2.06. The van der Waals surface area contributed by atoms with Crippen LogP contribution in [0.5, 0.6) is 0 Å². The van der Waals surface area contributed by atoms with Gasteiger partial charge in [0.1, 0.15) is 4.84 Å². The van der Waals surface area contributed by atoms with Gasteiger partial charge < -0.3 is 5.32 Å². The Labute approximate surface area is 93.0 Å². The maximum Gasteiger partial charge on any atom is 0.147 e. The summed E-state index contributed by atoms with van der Waals surface area (Å²) in [4.78, 5) is -0.522. The number of alkyl halides is 2. The Morgan fingerprint density at radius 1 is 1.14 bits per heavy atom. The summed E-state index contributed by atoms with van der Waals surface area (Å²) in [6, 6.07) is 8.00. The largest absolute Gasteiger partial charge is 0.356 e. The number of allylic oxidation sites excluding steroid dienone is 3. The third-order valence-corrected chi connectivity index (χ3v) is 2.50. The molecule has 0 fully saturated rings. The molecule has 0 saturated heterocycles. The van der Waals surface area contributed by atoms with E-state index >= 15 is 0 Å². The zero-order valence-electron chi connectivity index (χ0n) is 7.37. The molecule has 0 radical (unpaired) electrons. The summed E-state index contributed by atoms with van der Waals surface area (Å²) in [7, 11) is 0. The molecule has 0 saturated carbocycles. The fourth-order valence-corrected chi connectivity index (χ4v) is 1.59. The molecule has 0 bridgehead atoms. The van der Waals surface area contributed by atoms with Gasteiger partial charge in [0.25, 0.3) is 0 Å². The van der Waals surface area contributed by atoms with Crippen LogP contribution in [0, 0.1) is 0 Å². The minimum Gasteiger partial charge on any atom is -0.356 e. The summed E-state index contributed by atoms with van der Waals surface area (Å²) >= 11 is 11.6. The lowest BCUT2D eigenvalue weighted by molar-refractivity contribution is 1.32.